The van der Waals surface area contributed by atoms with Crippen LogP contribution in [0.25, 0.3) is 10.9 Å². The Morgan fingerprint density at radius 2 is 2.20 bits per heavy atom. The van der Waals surface area contributed by atoms with Crippen LogP contribution in [0.15, 0.2) is 30.3 Å². The number of amides is 1. The molecule has 0 aliphatic carbocycles. The van der Waals surface area contributed by atoms with E-state index in [-0.39, 0.29) is 5.91 Å². The average molecular weight is 271 g/mol. The first-order chi connectivity index (χ1) is 9.65. The number of fused-ring (bicyclic) bond motifs is 1. The molecule has 0 radical (unpaired) electrons. The molecule has 20 heavy (non-hydrogen) atoms. The van der Waals surface area contributed by atoms with Crippen LogP contribution >= 0.6 is 0 Å². The predicted molar refractivity (Wildman–Crippen MR) is 80.9 cm³/mol. The van der Waals surface area contributed by atoms with Gasteiger partial charge in [0.25, 0.3) is 5.91 Å². The molecule has 4 heteroatoms. The Hall–Kier alpha value is -1.81. The lowest BCUT2D eigenvalue weighted by molar-refractivity contribution is 0.0711. The zero-order valence-corrected chi connectivity index (χ0v) is 12.1. The third-order valence-electron chi connectivity index (χ3n) is 3.97. The molecule has 4 nitrogen and oxygen atoms in total. The van der Waals surface area contributed by atoms with E-state index in [2.05, 4.69) is 24.0 Å². The number of nitrogens with zero attached hydrogens (tertiary/aromatic N) is 2. The van der Waals surface area contributed by atoms with Crippen LogP contribution in [0.4, 0.5) is 0 Å². The molecule has 3 rings (SSSR count). The summed E-state index contributed by atoms with van der Waals surface area (Å²) in [7, 11) is 4.12. The molecule has 0 bridgehead atoms. The van der Waals surface area contributed by atoms with Crippen molar-refractivity contribution in [2.45, 2.75) is 18.9 Å². The van der Waals surface area contributed by atoms with Gasteiger partial charge in [-0.3, -0.25) is 4.79 Å². The van der Waals surface area contributed by atoms with E-state index in [1.165, 1.54) is 0 Å². The standard InChI is InChI=1S/C16H21N3O/c1-18(2)11-13-7-5-9-19(13)16(20)15-10-12-6-3-4-8-14(12)17-15/h3-4,6,8,10,13,17H,5,7,9,11H2,1-2H3. The summed E-state index contributed by atoms with van der Waals surface area (Å²) in [5, 5.41) is 1.10. The smallest absolute Gasteiger partial charge is 0.270 e. The van der Waals surface area contributed by atoms with Gasteiger partial charge in [-0.2, -0.15) is 0 Å². The summed E-state index contributed by atoms with van der Waals surface area (Å²) in [4.78, 5) is 20.1. The highest BCUT2D eigenvalue weighted by Gasteiger charge is 2.30. The predicted octanol–water partition coefficient (Wildman–Crippen LogP) is 2.33. The van der Waals surface area contributed by atoms with Crippen LogP contribution in [0.5, 0.6) is 0 Å². The van der Waals surface area contributed by atoms with Gasteiger partial charge in [-0.15, -0.1) is 0 Å². The van der Waals surface area contributed by atoms with Crippen molar-refractivity contribution in [3.63, 3.8) is 0 Å². The fourth-order valence-electron chi connectivity index (χ4n) is 3.06. The first-order valence-electron chi connectivity index (χ1n) is 7.18. The van der Waals surface area contributed by atoms with E-state index in [9.17, 15) is 4.79 Å². The number of H-pyrrole nitrogens is 1. The van der Waals surface area contributed by atoms with Gasteiger partial charge >= 0.3 is 0 Å². The Bertz CT molecular complexity index is 584. The van der Waals surface area contributed by atoms with Crippen molar-refractivity contribution < 1.29 is 4.79 Å². The number of aromatic amines is 1. The van der Waals surface area contributed by atoms with E-state index in [1.54, 1.807) is 0 Å². The van der Waals surface area contributed by atoms with Crippen LogP contribution in [0.3, 0.4) is 0 Å². The first-order valence-corrected chi connectivity index (χ1v) is 7.18. The summed E-state index contributed by atoms with van der Waals surface area (Å²) in [6.07, 6.45) is 2.20. The SMILES string of the molecule is CN(C)CC1CCCN1C(=O)c1cc2ccccc2[nH]1. The van der Waals surface area contributed by atoms with Crippen LogP contribution < -0.4 is 0 Å². The molecule has 106 valence electrons. The van der Waals surface area contributed by atoms with Gasteiger partial charge in [0.1, 0.15) is 5.69 Å². The van der Waals surface area contributed by atoms with Crippen molar-refractivity contribution >= 4 is 16.8 Å². The number of benzene rings is 1. The second-order valence-electron chi connectivity index (χ2n) is 5.83. The van der Waals surface area contributed by atoms with Gasteiger partial charge in [-0.25, -0.2) is 0 Å². The summed E-state index contributed by atoms with van der Waals surface area (Å²) < 4.78 is 0. The van der Waals surface area contributed by atoms with Gasteiger partial charge in [0, 0.05) is 30.0 Å². The molecule has 1 unspecified atom stereocenters. The zero-order chi connectivity index (χ0) is 14.1. The van der Waals surface area contributed by atoms with E-state index in [1.807, 2.05) is 35.2 Å². The van der Waals surface area contributed by atoms with Crippen molar-refractivity contribution in [3.8, 4) is 0 Å². The summed E-state index contributed by atoms with van der Waals surface area (Å²) in [6.45, 7) is 1.80. The third kappa shape index (κ3) is 2.43. The largest absolute Gasteiger partial charge is 0.351 e. The fraction of sp³-hybridized carbons (Fsp3) is 0.438. The Kier molecular flexibility index (Phi) is 3.49. The summed E-state index contributed by atoms with van der Waals surface area (Å²) in [5.41, 5.74) is 1.73. The van der Waals surface area contributed by atoms with Gasteiger partial charge in [0.15, 0.2) is 0 Å². The van der Waals surface area contributed by atoms with Crippen LogP contribution in [0, 0.1) is 0 Å². The number of carbonyl (C=O) groups is 1. The highest BCUT2D eigenvalue weighted by molar-refractivity contribution is 5.98. The van der Waals surface area contributed by atoms with Gasteiger partial charge in [0.2, 0.25) is 0 Å². The molecule has 1 aromatic heterocycles. The van der Waals surface area contributed by atoms with Crippen molar-refractivity contribution in [2.24, 2.45) is 0 Å². The van der Waals surface area contributed by atoms with Crippen LogP contribution in [0.2, 0.25) is 0 Å². The van der Waals surface area contributed by atoms with Gasteiger partial charge < -0.3 is 14.8 Å². The molecule has 1 saturated heterocycles. The molecule has 0 saturated carbocycles. The minimum atomic E-state index is 0.130. The second kappa shape index (κ2) is 5.29. The molecule has 1 fully saturated rings. The molecule has 1 aromatic carbocycles. The quantitative estimate of drug-likeness (QED) is 0.930. The highest BCUT2D eigenvalue weighted by Crippen LogP contribution is 2.22. The number of hydrogen-bond donors (Lipinski definition) is 1. The number of carbonyl (C=O) groups excluding carboxylic acids is 1. The molecule has 1 aliphatic heterocycles. The lowest BCUT2D eigenvalue weighted by atomic mass is 10.2. The molecule has 2 aromatic rings. The number of rotatable bonds is 3. The molecular formula is C16H21N3O. The Balaban J connectivity index is 1.84. The van der Waals surface area contributed by atoms with Crippen molar-refractivity contribution in [1.82, 2.24) is 14.8 Å². The lowest BCUT2D eigenvalue weighted by Gasteiger charge is -2.26. The van der Waals surface area contributed by atoms with E-state index < -0.39 is 0 Å². The van der Waals surface area contributed by atoms with Gasteiger partial charge in [-0.05, 0) is 39.1 Å². The van der Waals surface area contributed by atoms with Gasteiger partial charge in [-0.1, -0.05) is 18.2 Å². The monoisotopic (exact) mass is 271 g/mol. The summed E-state index contributed by atoms with van der Waals surface area (Å²) in [6, 6.07) is 10.3. The van der Waals surface area contributed by atoms with Crippen LogP contribution in [0.1, 0.15) is 23.3 Å². The van der Waals surface area contributed by atoms with Crippen molar-refractivity contribution in [2.75, 3.05) is 27.2 Å². The minimum absolute atomic E-state index is 0.130. The highest BCUT2D eigenvalue weighted by atomic mass is 16.2. The fourth-order valence-corrected chi connectivity index (χ4v) is 3.06. The van der Waals surface area contributed by atoms with Crippen molar-refractivity contribution in [3.05, 3.63) is 36.0 Å². The molecule has 1 amide bonds. The normalized spacial score (nSPS) is 19.1. The molecule has 1 atom stereocenters. The number of nitrogens with one attached hydrogen (secondary N) is 1. The summed E-state index contributed by atoms with van der Waals surface area (Å²) >= 11 is 0. The average Bonchev–Trinajstić information content (AvgIpc) is 3.03. The molecule has 1 aliphatic rings. The van der Waals surface area contributed by atoms with E-state index in [0.29, 0.717) is 11.7 Å². The van der Waals surface area contributed by atoms with Crippen LogP contribution in [-0.2, 0) is 0 Å². The van der Waals surface area contributed by atoms with E-state index in [4.69, 9.17) is 0 Å². The van der Waals surface area contributed by atoms with Crippen LogP contribution in [-0.4, -0.2) is 53.9 Å². The number of para-hydroxylation sites is 1. The maximum atomic E-state index is 12.7. The third-order valence-corrected chi connectivity index (χ3v) is 3.97. The Morgan fingerprint density at radius 1 is 1.40 bits per heavy atom. The summed E-state index contributed by atoms with van der Waals surface area (Å²) in [5.74, 6) is 0.130. The van der Waals surface area contributed by atoms with E-state index in [0.717, 1.165) is 36.8 Å². The minimum Gasteiger partial charge on any atom is -0.351 e. The zero-order valence-electron chi connectivity index (χ0n) is 12.1. The molecular weight excluding hydrogens is 250 g/mol. The molecule has 0 spiro atoms. The molecule has 1 N–H and O–H groups in total. The molecule has 2 heterocycles. The number of likely N-dealkylation sites (tertiary alicyclic amines) is 1. The second-order valence-corrected chi connectivity index (χ2v) is 5.83. The van der Waals surface area contributed by atoms with Gasteiger partial charge in [0.05, 0.1) is 0 Å². The number of hydrogen-bond acceptors (Lipinski definition) is 2. The maximum absolute atomic E-state index is 12.7. The Labute approximate surface area is 119 Å². The number of aromatic nitrogens is 1. The Morgan fingerprint density at radius 3 is 2.95 bits per heavy atom. The first kappa shape index (κ1) is 13.2. The number of likely N-dealkylation sites (N-methyl/N-ethyl adjacent to an activating group) is 1. The van der Waals surface area contributed by atoms with Crippen molar-refractivity contribution in [1.29, 1.82) is 0 Å². The topological polar surface area (TPSA) is 39.3 Å². The van der Waals surface area contributed by atoms with E-state index >= 15 is 0 Å². The maximum Gasteiger partial charge on any atom is 0.270 e. The lowest BCUT2D eigenvalue weighted by Crippen LogP contribution is -2.41.